The van der Waals surface area contributed by atoms with E-state index in [0.29, 0.717) is 16.9 Å². The number of carboxylic acid groups (broad SMARTS) is 1. The number of hydrogen-bond acceptors (Lipinski definition) is 1. The van der Waals surface area contributed by atoms with Gasteiger partial charge in [0.15, 0.2) is 0 Å². The molecule has 0 heterocycles. The van der Waals surface area contributed by atoms with Crippen molar-refractivity contribution >= 4 is 36.2 Å². The SMILES string of the molecule is Br.CC(C)P(c1cccc(C(=O)O)c1)C(C)C. The van der Waals surface area contributed by atoms with Crippen LogP contribution in [0.15, 0.2) is 24.3 Å². The van der Waals surface area contributed by atoms with Crippen molar-refractivity contribution in [3.05, 3.63) is 29.8 Å². The zero-order chi connectivity index (χ0) is 12.3. The van der Waals surface area contributed by atoms with Gasteiger partial charge in [-0.1, -0.05) is 47.7 Å². The average Bonchev–Trinajstić information content (AvgIpc) is 2.16. The van der Waals surface area contributed by atoms with E-state index in [4.69, 9.17) is 5.11 Å². The van der Waals surface area contributed by atoms with E-state index in [1.165, 1.54) is 5.30 Å². The molecule has 0 fully saturated rings. The monoisotopic (exact) mass is 318 g/mol. The van der Waals surface area contributed by atoms with Crippen molar-refractivity contribution in [2.45, 2.75) is 39.0 Å². The van der Waals surface area contributed by atoms with E-state index in [9.17, 15) is 4.79 Å². The first kappa shape index (κ1) is 16.6. The largest absolute Gasteiger partial charge is 0.478 e. The fourth-order valence-corrected chi connectivity index (χ4v) is 4.92. The molecule has 0 spiro atoms. The smallest absolute Gasteiger partial charge is 0.335 e. The third kappa shape index (κ3) is 4.40. The Morgan fingerprint density at radius 1 is 1.18 bits per heavy atom. The second-order valence-electron chi connectivity index (χ2n) is 4.45. The molecule has 0 aromatic heterocycles. The van der Waals surface area contributed by atoms with Crippen LogP contribution in [0.25, 0.3) is 0 Å². The van der Waals surface area contributed by atoms with Crippen LogP contribution < -0.4 is 5.30 Å². The summed E-state index contributed by atoms with van der Waals surface area (Å²) >= 11 is 0. The van der Waals surface area contributed by atoms with Crippen molar-refractivity contribution in [3.63, 3.8) is 0 Å². The van der Waals surface area contributed by atoms with Gasteiger partial charge in [-0.3, -0.25) is 0 Å². The summed E-state index contributed by atoms with van der Waals surface area (Å²) < 4.78 is 0. The number of hydrogen-bond donors (Lipinski definition) is 1. The van der Waals surface area contributed by atoms with Crippen LogP contribution in [0.4, 0.5) is 0 Å². The maximum Gasteiger partial charge on any atom is 0.335 e. The van der Waals surface area contributed by atoms with Gasteiger partial charge in [0.25, 0.3) is 0 Å². The van der Waals surface area contributed by atoms with E-state index in [1.54, 1.807) is 6.07 Å². The summed E-state index contributed by atoms with van der Waals surface area (Å²) in [5.41, 5.74) is 1.56. The van der Waals surface area contributed by atoms with Gasteiger partial charge in [0.05, 0.1) is 5.56 Å². The maximum absolute atomic E-state index is 10.9. The molecule has 0 unspecified atom stereocenters. The van der Waals surface area contributed by atoms with Crippen LogP contribution in [0, 0.1) is 0 Å². The molecule has 0 aliphatic rings. The van der Waals surface area contributed by atoms with E-state index in [-0.39, 0.29) is 24.9 Å². The van der Waals surface area contributed by atoms with Crippen molar-refractivity contribution in [1.29, 1.82) is 0 Å². The first-order chi connectivity index (χ1) is 7.43. The third-order valence-electron chi connectivity index (χ3n) is 2.50. The van der Waals surface area contributed by atoms with Gasteiger partial charge in [0.2, 0.25) is 0 Å². The Balaban J connectivity index is 0.00000256. The number of halogens is 1. The van der Waals surface area contributed by atoms with Crippen LogP contribution in [-0.2, 0) is 0 Å². The van der Waals surface area contributed by atoms with Crippen LogP contribution in [-0.4, -0.2) is 22.4 Å². The van der Waals surface area contributed by atoms with Crippen LogP contribution in [0.3, 0.4) is 0 Å². The topological polar surface area (TPSA) is 37.3 Å². The molecule has 96 valence electrons. The molecular weight excluding hydrogens is 299 g/mol. The van der Waals surface area contributed by atoms with Crippen LogP contribution in [0.5, 0.6) is 0 Å². The lowest BCUT2D eigenvalue weighted by Crippen LogP contribution is -2.16. The first-order valence-electron chi connectivity index (χ1n) is 5.55. The highest BCUT2D eigenvalue weighted by molar-refractivity contribution is 8.93. The second-order valence-corrected chi connectivity index (χ2v) is 7.85. The summed E-state index contributed by atoms with van der Waals surface area (Å²) in [6.45, 7) is 8.83. The fourth-order valence-electron chi connectivity index (χ4n) is 1.99. The molecule has 0 atom stereocenters. The van der Waals surface area contributed by atoms with Gasteiger partial charge in [-0.25, -0.2) is 4.79 Å². The van der Waals surface area contributed by atoms with Crippen molar-refractivity contribution in [2.75, 3.05) is 0 Å². The molecule has 0 saturated carbocycles. The summed E-state index contributed by atoms with van der Waals surface area (Å²) in [6, 6.07) is 7.38. The van der Waals surface area contributed by atoms with Crippen molar-refractivity contribution < 1.29 is 9.90 Å². The van der Waals surface area contributed by atoms with Gasteiger partial charge in [-0.2, -0.15) is 0 Å². The highest BCUT2D eigenvalue weighted by Gasteiger charge is 2.19. The predicted octanol–water partition coefficient (Wildman–Crippen LogP) is 3.89. The van der Waals surface area contributed by atoms with Gasteiger partial charge >= 0.3 is 5.97 Å². The quantitative estimate of drug-likeness (QED) is 0.855. The molecule has 0 saturated heterocycles. The van der Waals surface area contributed by atoms with Crippen molar-refractivity contribution in [3.8, 4) is 0 Å². The van der Waals surface area contributed by atoms with Gasteiger partial charge in [0.1, 0.15) is 0 Å². The zero-order valence-corrected chi connectivity index (χ0v) is 13.3. The van der Waals surface area contributed by atoms with Crippen LogP contribution >= 0.6 is 24.9 Å². The first-order valence-corrected chi connectivity index (χ1v) is 7.03. The van der Waals surface area contributed by atoms with Crippen LogP contribution in [0.2, 0.25) is 0 Å². The molecule has 1 aromatic rings. The van der Waals surface area contributed by atoms with Crippen LogP contribution in [0.1, 0.15) is 38.1 Å². The molecule has 0 bridgehead atoms. The van der Waals surface area contributed by atoms with E-state index in [0.717, 1.165) is 0 Å². The minimum absolute atomic E-state index is 0. The molecule has 1 aromatic carbocycles. The Bertz CT molecular complexity index is 369. The van der Waals surface area contributed by atoms with E-state index < -0.39 is 5.97 Å². The number of carbonyl (C=O) groups is 1. The molecule has 0 radical (unpaired) electrons. The van der Waals surface area contributed by atoms with Gasteiger partial charge < -0.3 is 5.11 Å². The lowest BCUT2D eigenvalue weighted by atomic mass is 10.2. The van der Waals surface area contributed by atoms with Crippen molar-refractivity contribution in [1.82, 2.24) is 0 Å². The summed E-state index contributed by atoms with van der Waals surface area (Å²) in [7, 11) is -0.278. The zero-order valence-electron chi connectivity index (χ0n) is 10.7. The van der Waals surface area contributed by atoms with Crippen molar-refractivity contribution in [2.24, 2.45) is 0 Å². The normalized spacial score (nSPS) is 10.8. The minimum Gasteiger partial charge on any atom is -0.478 e. The summed E-state index contributed by atoms with van der Waals surface area (Å²) in [4.78, 5) is 10.9. The molecule has 0 aliphatic carbocycles. The second kappa shape index (κ2) is 7.13. The molecule has 17 heavy (non-hydrogen) atoms. The van der Waals surface area contributed by atoms with Gasteiger partial charge in [-0.15, -0.1) is 17.0 Å². The Kier molecular flexibility index (Phi) is 6.96. The molecule has 0 aliphatic heterocycles. The molecule has 1 rings (SSSR count). The summed E-state index contributed by atoms with van der Waals surface area (Å²) in [5.74, 6) is -0.843. The Labute approximate surface area is 115 Å². The number of rotatable bonds is 4. The summed E-state index contributed by atoms with van der Waals surface area (Å²) in [6.07, 6.45) is 0. The van der Waals surface area contributed by atoms with E-state index >= 15 is 0 Å². The van der Waals surface area contributed by atoms with E-state index in [2.05, 4.69) is 33.8 Å². The molecule has 4 heteroatoms. The Hall–Kier alpha value is -0.400. The average molecular weight is 319 g/mol. The molecular formula is C13H20BrO2P. The Morgan fingerprint density at radius 2 is 1.71 bits per heavy atom. The Morgan fingerprint density at radius 3 is 2.12 bits per heavy atom. The number of benzene rings is 1. The number of aromatic carboxylic acids is 1. The van der Waals surface area contributed by atoms with Gasteiger partial charge in [0, 0.05) is 0 Å². The molecule has 2 nitrogen and oxygen atoms in total. The van der Waals surface area contributed by atoms with E-state index in [1.807, 2.05) is 12.1 Å². The fraction of sp³-hybridized carbons (Fsp3) is 0.462. The molecule has 1 N–H and O–H groups in total. The lowest BCUT2D eigenvalue weighted by Gasteiger charge is -2.26. The third-order valence-corrected chi connectivity index (χ3v) is 5.60. The summed E-state index contributed by atoms with van der Waals surface area (Å²) in [5, 5.41) is 10.2. The minimum atomic E-state index is -0.843. The molecule has 0 amide bonds. The highest BCUT2D eigenvalue weighted by Crippen LogP contribution is 2.44. The maximum atomic E-state index is 10.9. The number of carboxylic acids is 1. The standard InChI is InChI=1S/C13H19O2P.BrH/c1-9(2)16(10(3)4)12-7-5-6-11(8-12)13(14)15;/h5-10H,1-4H3,(H,14,15);1H. The predicted molar refractivity (Wildman–Crippen MR) is 80.5 cm³/mol. The highest BCUT2D eigenvalue weighted by atomic mass is 79.9. The van der Waals surface area contributed by atoms with Gasteiger partial charge in [-0.05, 0) is 28.8 Å². The lowest BCUT2D eigenvalue weighted by molar-refractivity contribution is 0.0697.